The smallest absolute Gasteiger partial charge is 0.343 e. The Balaban J connectivity index is 0.00000176. The zero-order valence-electron chi connectivity index (χ0n) is 11.5. The fourth-order valence-corrected chi connectivity index (χ4v) is 2.80. The summed E-state index contributed by atoms with van der Waals surface area (Å²) < 4.78 is 1.53. The molecule has 22 heavy (non-hydrogen) atoms. The highest BCUT2D eigenvalue weighted by molar-refractivity contribution is 7.12. The minimum atomic E-state index is -0.204. The fourth-order valence-electron chi connectivity index (χ4n) is 1.88. The van der Waals surface area contributed by atoms with Crippen molar-refractivity contribution < 1.29 is 5.11 Å². The minimum Gasteiger partial charge on any atom is -0.508 e. The lowest BCUT2D eigenvalue weighted by Crippen LogP contribution is -2.16. The third-order valence-corrected chi connectivity index (χ3v) is 4.00. The molecule has 0 amide bonds. The Labute approximate surface area is 137 Å². The summed E-state index contributed by atoms with van der Waals surface area (Å²) in [5.41, 5.74) is 0.818. The number of benzene rings is 1. The summed E-state index contributed by atoms with van der Waals surface area (Å²) in [5, 5.41) is 15.3. The Morgan fingerprint density at radius 3 is 2.64 bits per heavy atom. The van der Waals surface area contributed by atoms with Gasteiger partial charge in [0.15, 0.2) is 0 Å². The summed E-state index contributed by atoms with van der Waals surface area (Å²) in [4.78, 5) is 13.6. The van der Waals surface area contributed by atoms with Gasteiger partial charge in [-0.3, -0.25) is 4.57 Å². The topological polar surface area (TPSA) is 70.9 Å². The van der Waals surface area contributed by atoms with E-state index in [4.69, 9.17) is 0 Å². The molecule has 0 saturated heterocycles. The van der Waals surface area contributed by atoms with Crippen molar-refractivity contribution in [2.75, 3.05) is 0 Å². The van der Waals surface area contributed by atoms with Crippen molar-refractivity contribution >= 4 is 35.9 Å². The van der Waals surface area contributed by atoms with Gasteiger partial charge in [-0.15, -0.1) is 23.7 Å². The molecule has 0 fully saturated rings. The van der Waals surface area contributed by atoms with Crippen LogP contribution in [0.5, 0.6) is 5.75 Å². The van der Waals surface area contributed by atoms with Crippen LogP contribution in [0.2, 0.25) is 0 Å². The SMILES string of the molecule is Cl.O=c1[nH]ncn1Cc1ccc(/C=C/c2ccc(O)cc2)s1. The molecule has 1 aromatic carbocycles. The van der Waals surface area contributed by atoms with Crippen LogP contribution in [0.15, 0.2) is 47.5 Å². The molecule has 0 aliphatic rings. The predicted molar refractivity (Wildman–Crippen MR) is 90.6 cm³/mol. The number of aromatic hydroxyl groups is 1. The van der Waals surface area contributed by atoms with Crippen LogP contribution < -0.4 is 5.69 Å². The van der Waals surface area contributed by atoms with E-state index in [1.807, 2.05) is 36.4 Å². The van der Waals surface area contributed by atoms with E-state index < -0.39 is 0 Å². The van der Waals surface area contributed by atoms with Crippen molar-refractivity contribution in [1.29, 1.82) is 0 Å². The maximum atomic E-state index is 11.4. The summed E-state index contributed by atoms with van der Waals surface area (Å²) in [6, 6.07) is 11.0. The van der Waals surface area contributed by atoms with Crippen LogP contribution in [0.25, 0.3) is 12.2 Å². The second kappa shape index (κ2) is 7.11. The lowest BCUT2D eigenvalue weighted by Gasteiger charge is -1.95. The molecule has 7 heteroatoms. The quantitative estimate of drug-likeness (QED) is 0.770. The fraction of sp³-hybridized carbons (Fsp3) is 0.0667. The molecule has 0 unspecified atom stereocenters. The van der Waals surface area contributed by atoms with Gasteiger partial charge in [-0.2, -0.15) is 5.10 Å². The average molecular weight is 336 g/mol. The van der Waals surface area contributed by atoms with E-state index in [2.05, 4.69) is 10.2 Å². The van der Waals surface area contributed by atoms with Gasteiger partial charge in [0.05, 0.1) is 6.54 Å². The van der Waals surface area contributed by atoms with Crippen LogP contribution in [-0.4, -0.2) is 19.9 Å². The number of thiophene rings is 1. The van der Waals surface area contributed by atoms with Gasteiger partial charge in [0.1, 0.15) is 12.1 Å². The second-order valence-electron chi connectivity index (χ2n) is 4.52. The van der Waals surface area contributed by atoms with Crippen LogP contribution >= 0.6 is 23.7 Å². The molecule has 0 bridgehead atoms. The molecule has 0 saturated carbocycles. The number of phenols is 1. The highest BCUT2D eigenvalue weighted by atomic mass is 35.5. The van der Waals surface area contributed by atoms with Gasteiger partial charge in [-0.05, 0) is 35.9 Å². The van der Waals surface area contributed by atoms with Crippen molar-refractivity contribution in [2.24, 2.45) is 0 Å². The zero-order valence-corrected chi connectivity index (χ0v) is 13.1. The first-order valence-electron chi connectivity index (χ1n) is 6.36. The standard InChI is InChI=1S/C15H13N3O2S.ClH/c19-12-4-1-11(2-5-12)3-6-13-7-8-14(21-13)9-18-10-16-17-15(18)20;/h1-8,10,19H,9H2,(H,17,20);1H/b6-3+;. The molecular formula is C15H14ClN3O2S. The van der Waals surface area contributed by atoms with Gasteiger partial charge in [0, 0.05) is 9.75 Å². The average Bonchev–Trinajstić information content (AvgIpc) is 3.09. The highest BCUT2D eigenvalue weighted by Crippen LogP contribution is 2.20. The molecule has 0 aliphatic heterocycles. The van der Waals surface area contributed by atoms with Crippen molar-refractivity contribution in [3.63, 3.8) is 0 Å². The van der Waals surface area contributed by atoms with E-state index in [0.29, 0.717) is 6.54 Å². The van der Waals surface area contributed by atoms with Gasteiger partial charge in [0.2, 0.25) is 0 Å². The zero-order chi connectivity index (χ0) is 14.7. The largest absolute Gasteiger partial charge is 0.508 e. The number of aromatic amines is 1. The summed E-state index contributed by atoms with van der Waals surface area (Å²) in [7, 11) is 0. The van der Waals surface area contributed by atoms with E-state index in [1.54, 1.807) is 23.5 Å². The number of hydrogen-bond acceptors (Lipinski definition) is 4. The third-order valence-electron chi connectivity index (χ3n) is 2.96. The minimum absolute atomic E-state index is 0. The Morgan fingerprint density at radius 2 is 1.95 bits per heavy atom. The summed E-state index contributed by atoms with van der Waals surface area (Å²) in [5.74, 6) is 0.260. The first kappa shape index (κ1) is 16.1. The van der Waals surface area contributed by atoms with Gasteiger partial charge >= 0.3 is 5.69 Å². The molecule has 0 atom stereocenters. The van der Waals surface area contributed by atoms with Crippen LogP contribution in [0.4, 0.5) is 0 Å². The van der Waals surface area contributed by atoms with E-state index in [1.165, 1.54) is 10.9 Å². The summed E-state index contributed by atoms with van der Waals surface area (Å²) in [6.45, 7) is 0.521. The Morgan fingerprint density at radius 1 is 1.18 bits per heavy atom. The molecule has 2 N–H and O–H groups in total. The first-order valence-corrected chi connectivity index (χ1v) is 7.18. The van der Waals surface area contributed by atoms with Gasteiger partial charge in [-0.25, -0.2) is 9.89 Å². The molecule has 3 rings (SSSR count). The van der Waals surface area contributed by atoms with Crippen LogP contribution in [-0.2, 0) is 6.54 Å². The molecule has 114 valence electrons. The number of halogens is 1. The molecule has 0 aliphatic carbocycles. The number of hydrogen-bond donors (Lipinski definition) is 2. The van der Waals surface area contributed by atoms with E-state index in [9.17, 15) is 9.90 Å². The summed E-state index contributed by atoms with van der Waals surface area (Å²) in [6.07, 6.45) is 5.49. The molecule has 0 spiro atoms. The summed E-state index contributed by atoms with van der Waals surface area (Å²) >= 11 is 1.62. The molecule has 2 aromatic heterocycles. The number of nitrogens with one attached hydrogen (secondary N) is 1. The number of aromatic nitrogens is 3. The van der Waals surface area contributed by atoms with E-state index >= 15 is 0 Å². The van der Waals surface area contributed by atoms with Crippen molar-refractivity contribution in [3.05, 3.63) is 68.5 Å². The van der Waals surface area contributed by atoms with Crippen molar-refractivity contribution in [1.82, 2.24) is 14.8 Å². The Kier molecular flexibility index (Phi) is 5.19. The predicted octanol–water partition coefficient (Wildman–Crippen LogP) is 2.98. The maximum absolute atomic E-state index is 11.4. The Bertz CT molecular complexity index is 818. The first-order chi connectivity index (χ1) is 10.2. The molecule has 0 radical (unpaired) electrons. The van der Waals surface area contributed by atoms with E-state index in [0.717, 1.165) is 15.3 Å². The lowest BCUT2D eigenvalue weighted by molar-refractivity contribution is 0.475. The maximum Gasteiger partial charge on any atom is 0.343 e. The van der Waals surface area contributed by atoms with E-state index in [-0.39, 0.29) is 23.8 Å². The Hall–Kier alpha value is -2.31. The molecule has 2 heterocycles. The second-order valence-corrected chi connectivity index (χ2v) is 5.72. The molecule has 3 aromatic rings. The molecular weight excluding hydrogens is 322 g/mol. The normalized spacial score (nSPS) is 10.7. The number of phenolic OH excluding ortho intramolecular Hbond substituents is 1. The van der Waals surface area contributed by atoms with Crippen LogP contribution in [0, 0.1) is 0 Å². The van der Waals surface area contributed by atoms with Gasteiger partial charge < -0.3 is 5.11 Å². The van der Waals surface area contributed by atoms with Crippen LogP contribution in [0.3, 0.4) is 0 Å². The van der Waals surface area contributed by atoms with Gasteiger partial charge in [0.25, 0.3) is 0 Å². The number of nitrogens with zero attached hydrogens (tertiary/aromatic N) is 2. The molecule has 5 nitrogen and oxygen atoms in total. The number of rotatable bonds is 4. The van der Waals surface area contributed by atoms with Gasteiger partial charge in [-0.1, -0.05) is 18.2 Å². The van der Waals surface area contributed by atoms with Crippen molar-refractivity contribution in [3.8, 4) is 5.75 Å². The monoisotopic (exact) mass is 335 g/mol. The number of H-pyrrole nitrogens is 1. The highest BCUT2D eigenvalue weighted by Gasteiger charge is 2.02. The third kappa shape index (κ3) is 3.87. The van der Waals surface area contributed by atoms with Crippen molar-refractivity contribution in [2.45, 2.75) is 6.54 Å². The lowest BCUT2D eigenvalue weighted by atomic mass is 10.2. The van der Waals surface area contributed by atoms with Crippen LogP contribution in [0.1, 0.15) is 15.3 Å².